The average Bonchev–Trinajstić information content (AvgIpc) is 3.20. The van der Waals surface area contributed by atoms with Gasteiger partial charge in [-0.05, 0) is 63.9 Å². The maximum Gasteiger partial charge on any atom is 0.306 e. The highest BCUT2D eigenvalue weighted by atomic mass is 16.5. The van der Waals surface area contributed by atoms with Gasteiger partial charge in [-0.15, -0.1) is 0 Å². The van der Waals surface area contributed by atoms with E-state index in [9.17, 15) is 19.8 Å². The fourth-order valence-electron chi connectivity index (χ4n) is 7.39. The van der Waals surface area contributed by atoms with Crippen molar-refractivity contribution in [2.45, 2.75) is 270 Å². The molecule has 0 aromatic rings. The number of nitrogens with one attached hydrogen (secondary N) is 1. The Labute approximate surface area is 353 Å². The van der Waals surface area contributed by atoms with E-state index in [1.807, 2.05) is 12.2 Å². The molecule has 0 aliphatic carbocycles. The van der Waals surface area contributed by atoms with E-state index in [-0.39, 0.29) is 24.9 Å². The second kappa shape index (κ2) is 45.2. The Balaban J connectivity index is 4.62. The van der Waals surface area contributed by atoms with E-state index >= 15 is 0 Å². The molecule has 0 saturated carbocycles. The number of aliphatic hydroxyl groups is 2. The smallest absolute Gasteiger partial charge is 0.306 e. The molecular formula is C51H95NO5. The van der Waals surface area contributed by atoms with Crippen molar-refractivity contribution < 1.29 is 24.5 Å². The lowest BCUT2D eigenvalue weighted by Crippen LogP contribution is -2.46. The molecule has 334 valence electrons. The minimum atomic E-state index is -0.810. The Hall–Kier alpha value is -1.92. The Morgan fingerprint density at radius 1 is 0.526 bits per heavy atom. The first kappa shape index (κ1) is 55.1. The molecule has 6 heteroatoms. The van der Waals surface area contributed by atoms with Crippen molar-refractivity contribution in [3.05, 3.63) is 36.5 Å². The molecule has 3 N–H and O–H groups in total. The predicted molar refractivity (Wildman–Crippen MR) is 246 cm³/mol. The average molecular weight is 802 g/mol. The number of hydrogen-bond acceptors (Lipinski definition) is 5. The number of hydrogen-bond donors (Lipinski definition) is 3. The van der Waals surface area contributed by atoms with E-state index in [0.29, 0.717) is 12.8 Å². The number of carbonyl (C=O) groups excluding carboxylic acids is 2. The molecule has 3 atom stereocenters. The van der Waals surface area contributed by atoms with E-state index in [0.717, 1.165) is 64.2 Å². The number of carbonyl (C=O) groups is 2. The van der Waals surface area contributed by atoms with Gasteiger partial charge in [-0.25, -0.2) is 0 Å². The summed E-state index contributed by atoms with van der Waals surface area (Å²) in [6, 6.07) is -0.732. The topological polar surface area (TPSA) is 95.9 Å². The second-order valence-corrected chi connectivity index (χ2v) is 16.9. The molecule has 0 rings (SSSR count). The molecule has 57 heavy (non-hydrogen) atoms. The van der Waals surface area contributed by atoms with Crippen molar-refractivity contribution in [2.75, 3.05) is 6.61 Å². The highest BCUT2D eigenvalue weighted by Gasteiger charge is 2.23. The molecule has 0 fully saturated rings. The Bertz CT molecular complexity index is 946. The fourth-order valence-corrected chi connectivity index (χ4v) is 7.39. The van der Waals surface area contributed by atoms with Crippen LogP contribution in [-0.2, 0) is 14.3 Å². The van der Waals surface area contributed by atoms with Crippen LogP contribution in [-0.4, -0.2) is 46.9 Å². The minimum Gasteiger partial charge on any atom is -0.458 e. The Morgan fingerprint density at radius 2 is 0.930 bits per heavy atom. The summed E-state index contributed by atoms with van der Waals surface area (Å²) < 4.78 is 5.80. The molecule has 0 radical (unpaired) electrons. The molecule has 0 saturated heterocycles. The van der Waals surface area contributed by atoms with Crippen LogP contribution in [0.25, 0.3) is 0 Å². The monoisotopic (exact) mass is 802 g/mol. The largest absolute Gasteiger partial charge is 0.458 e. The molecular weight excluding hydrogens is 707 g/mol. The summed E-state index contributed by atoms with van der Waals surface area (Å²) in [4.78, 5) is 26.0. The standard InChI is InChI=1S/C51H95NO5/c1-4-7-10-13-16-19-22-24-26-28-31-34-37-40-43-49(54)48(46-53)52-50(55)45-47(42-39-36-33-30-27-21-18-15-12-9-6-3)57-51(56)44-41-38-35-32-29-25-23-20-17-14-11-8-5-2/h25,29-30,33,39,42,47-49,53-54H,4-24,26-28,31-32,34-38,40-41,43-46H2,1-3H3,(H,52,55)/b29-25-,33-30-,42-39+. The van der Waals surface area contributed by atoms with E-state index in [4.69, 9.17) is 4.74 Å². The van der Waals surface area contributed by atoms with Gasteiger partial charge in [0.15, 0.2) is 0 Å². The molecule has 1 amide bonds. The molecule has 0 bridgehead atoms. The third kappa shape index (κ3) is 40.6. The van der Waals surface area contributed by atoms with Gasteiger partial charge in [0.05, 0.1) is 25.2 Å². The van der Waals surface area contributed by atoms with Crippen molar-refractivity contribution in [3.8, 4) is 0 Å². The number of unbranched alkanes of at least 4 members (excludes halogenated alkanes) is 28. The highest BCUT2D eigenvalue weighted by molar-refractivity contribution is 5.78. The lowest BCUT2D eigenvalue weighted by Gasteiger charge is -2.23. The fraction of sp³-hybridized carbons (Fsp3) is 0.843. The Kier molecular flexibility index (Phi) is 43.6. The van der Waals surface area contributed by atoms with Crippen LogP contribution in [0, 0.1) is 0 Å². The van der Waals surface area contributed by atoms with E-state index < -0.39 is 18.2 Å². The number of allylic oxidation sites excluding steroid dienone is 5. The van der Waals surface area contributed by atoms with Crippen molar-refractivity contribution >= 4 is 11.9 Å². The zero-order valence-electron chi connectivity index (χ0n) is 38.0. The number of ether oxygens (including phenoxy) is 1. The molecule has 6 nitrogen and oxygen atoms in total. The van der Waals surface area contributed by atoms with Crippen LogP contribution in [0.3, 0.4) is 0 Å². The van der Waals surface area contributed by atoms with Crippen LogP contribution in [0.15, 0.2) is 36.5 Å². The van der Waals surface area contributed by atoms with Gasteiger partial charge in [0.2, 0.25) is 5.91 Å². The van der Waals surface area contributed by atoms with Crippen molar-refractivity contribution in [1.29, 1.82) is 0 Å². The summed E-state index contributed by atoms with van der Waals surface area (Å²) in [5.74, 6) is -0.617. The minimum absolute atomic E-state index is 0.0325. The summed E-state index contributed by atoms with van der Waals surface area (Å²) in [5.41, 5.74) is 0. The third-order valence-electron chi connectivity index (χ3n) is 11.2. The summed E-state index contributed by atoms with van der Waals surface area (Å²) in [6.07, 6.45) is 52.3. The SMILES string of the molecule is CCCCCCCC/C=C\C/C=C/C(CC(=O)NC(CO)C(O)CCCCCCCCCCCCCCCC)OC(=O)CCCCC/C=C\CCCCCCCC. The van der Waals surface area contributed by atoms with E-state index in [1.54, 1.807) is 0 Å². The number of rotatable bonds is 44. The number of amides is 1. The van der Waals surface area contributed by atoms with Gasteiger partial charge >= 0.3 is 5.97 Å². The summed E-state index contributed by atoms with van der Waals surface area (Å²) in [7, 11) is 0. The van der Waals surface area contributed by atoms with Gasteiger partial charge in [-0.2, -0.15) is 0 Å². The van der Waals surface area contributed by atoms with E-state index in [1.165, 1.54) is 148 Å². The summed E-state index contributed by atoms with van der Waals surface area (Å²) in [6.45, 7) is 6.43. The second-order valence-electron chi connectivity index (χ2n) is 16.9. The first-order chi connectivity index (χ1) is 28.0. The van der Waals surface area contributed by atoms with Gasteiger partial charge < -0.3 is 20.3 Å². The molecule has 0 aliphatic rings. The molecule has 0 heterocycles. The van der Waals surface area contributed by atoms with Crippen LogP contribution >= 0.6 is 0 Å². The van der Waals surface area contributed by atoms with Gasteiger partial charge in [0.25, 0.3) is 0 Å². The van der Waals surface area contributed by atoms with Crippen LogP contribution in [0.4, 0.5) is 0 Å². The van der Waals surface area contributed by atoms with Crippen molar-refractivity contribution in [3.63, 3.8) is 0 Å². The maximum absolute atomic E-state index is 13.1. The number of esters is 1. The Morgan fingerprint density at radius 3 is 1.39 bits per heavy atom. The van der Waals surface area contributed by atoms with Crippen LogP contribution < -0.4 is 5.32 Å². The zero-order chi connectivity index (χ0) is 41.7. The first-order valence-corrected chi connectivity index (χ1v) is 24.7. The van der Waals surface area contributed by atoms with Gasteiger partial charge in [0.1, 0.15) is 6.10 Å². The third-order valence-corrected chi connectivity index (χ3v) is 11.2. The lowest BCUT2D eigenvalue weighted by atomic mass is 10.0. The molecule has 0 aromatic heterocycles. The quantitative estimate of drug-likeness (QED) is 0.0324. The normalized spacial score (nSPS) is 13.6. The van der Waals surface area contributed by atoms with Crippen LogP contribution in [0.2, 0.25) is 0 Å². The lowest BCUT2D eigenvalue weighted by molar-refractivity contribution is -0.148. The maximum atomic E-state index is 13.1. The highest BCUT2D eigenvalue weighted by Crippen LogP contribution is 2.16. The van der Waals surface area contributed by atoms with Crippen LogP contribution in [0.1, 0.15) is 252 Å². The molecule has 0 aliphatic heterocycles. The van der Waals surface area contributed by atoms with Gasteiger partial charge in [-0.1, -0.05) is 212 Å². The van der Waals surface area contributed by atoms with Gasteiger partial charge in [-0.3, -0.25) is 9.59 Å². The van der Waals surface area contributed by atoms with Gasteiger partial charge in [0, 0.05) is 6.42 Å². The first-order valence-electron chi connectivity index (χ1n) is 24.7. The zero-order valence-corrected chi connectivity index (χ0v) is 38.0. The van der Waals surface area contributed by atoms with E-state index in [2.05, 4.69) is 50.4 Å². The van der Waals surface area contributed by atoms with Crippen molar-refractivity contribution in [1.82, 2.24) is 5.32 Å². The predicted octanol–water partition coefficient (Wildman–Crippen LogP) is 14.5. The summed E-state index contributed by atoms with van der Waals surface area (Å²) >= 11 is 0. The summed E-state index contributed by atoms with van der Waals surface area (Å²) in [5, 5.41) is 23.7. The van der Waals surface area contributed by atoms with Crippen molar-refractivity contribution in [2.24, 2.45) is 0 Å². The molecule has 0 spiro atoms. The molecule has 0 aromatic carbocycles. The van der Waals surface area contributed by atoms with Crippen LogP contribution in [0.5, 0.6) is 0 Å². The number of aliphatic hydroxyl groups excluding tert-OH is 2. The molecule has 3 unspecified atom stereocenters.